The number of nitrogens with zero attached hydrogens (tertiary/aromatic N) is 1. The molecular weight excluding hydrogens is 334 g/mol. The van der Waals surface area contributed by atoms with Gasteiger partial charge in [0.25, 0.3) is 0 Å². The van der Waals surface area contributed by atoms with E-state index < -0.39 is 41.0 Å². The monoisotopic (exact) mass is 353 g/mol. The summed E-state index contributed by atoms with van der Waals surface area (Å²) in [6.07, 6.45) is -0.579. The van der Waals surface area contributed by atoms with Crippen molar-refractivity contribution in [2.24, 2.45) is 0 Å². The first-order chi connectivity index (χ1) is 11.8. The smallest absolute Gasteiger partial charge is 0.382 e. The highest BCUT2D eigenvalue weighted by Gasteiger charge is 2.43. The maximum Gasteiger partial charge on any atom is 0.382 e. The number of ether oxygens (including phenoxy) is 3. The lowest BCUT2D eigenvalue weighted by atomic mass is 9.87. The fraction of sp³-hybridized carbons (Fsp3) is 0.438. The summed E-state index contributed by atoms with van der Waals surface area (Å²) in [6.45, 7) is 1.45. The van der Waals surface area contributed by atoms with E-state index in [1.54, 1.807) is 12.1 Å². The van der Waals surface area contributed by atoms with E-state index in [2.05, 4.69) is 4.74 Å². The van der Waals surface area contributed by atoms with Crippen LogP contribution in [0.5, 0.6) is 5.75 Å². The summed E-state index contributed by atoms with van der Waals surface area (Å²) in [7, 11) is 2.43. The Bertz CT molecular complexity index is 657. The molecule has 1 aromatic carbocycles. The Balaban J connectivity index is 3.33. The minimum atomic E-state index is -1.85. The molecule has 9 heteroatoms. The molecule has 0 aliphatic heterocycles. The van der Waals surface area contributed by atoms with Crippen molar-refractivity contribution in [3.63, 3.8) is 0 Å². The summed E-state index contributed by atoms with van der Waals surface area (Å²) >= 11 is 0. The molecule has 2 atom stereocenters. The van der Waals surface area contributed by atoms with Crippen LogP contribution in [-0.2, 0) is 23.9 Å². The van der Waals surface area contributed by atoms with Crippen LogP contribution in [0.1, 0.15) is 24.8 Å². The molecule has 0 aromatic heterocycles. The number of methoxy groups -OCH3 is 2. The lowest BCUT2D eigenvalue weighted by Crippen LogP contribution is -2.39. The molecule has 0 amide bonds. The Morgan fingerprint density at radius 2 is 1.92 bits per heavy atom. The minimum Gasteiger partial charge on any atom is -0.497 e. The van der Waals surface area contributed by atoms with Crippen molar-refractivity contribution in [2.45, 2.75) is 25.3 Å². The molecule has 0 aliphatic carbocycles. The molecule has 0 aliphatic rings. The molecule has 1 rings (SSSR count). The van der Waals surface area contributed by atoms with E-state index in [1.165, 1.54) is 26.2 Å². The largest absolute Gasteiger partial charge is 0.497 e. The summed E-state index contributed by atoms with van der Waals surface area (Å²) in [6, 6.07) is 4.29. The second kappa shape index (κ2) is 9.36. The zero-order valence-corrected chi connectivity index (χ0v) is 14.1. The number of hydrogen-bond donors (Lipinski definition) is 0. The van der Waals surface area contributed by atoms with Gasteiger partial charge in [-0.2, -0.15) is 0 Å². The van der Waals surface area contributed by atoms with Crippen LogP contribution in [0, 0.1) is 10.1 Å². The van der Waals surface area contributed by atoms with E-state index in [1.807, 2.05) is 0 Å². The lowest BCUT2D eigenvalue weighted by molar-refractivity contribution is -0.514. The van der Waals surface area contributed by atoms with Crippen molar-refractivity contribution in [2.75, 3.05) is 20.8 Å². The predicted molar refractivity (Wildman–Crippen MR) is 84.8 cm³/mol. The van der Waals surface area contributed by atoms with Gasteiger partial charge in [0.2, 0.25) is 5.78 Å². The van der Waals surface area contributed by atoms with Gasteiger partial charge in [0.1, 0.15) is 5.75 Å². The van der Waals surface area contributed by atoms with Gasteiger partial charge in [-0.3, -0.25) is 14.9 Å². The van der Waals surface area contributed by atoms with Crippen LogP contribution in [0.25, 0.3) is 0 Å². The van der Waals surface area contributed by atoms with Gasteiger partial charge >= 0.3 is 18.0 Å². The summed E-state index contributed by atoms with van der Waals surface area (Å²) in [4.78, 5) is 46.0. The molecule has 0 radical (unpaired) electrons. The maximum atomic E-state index is 12.1. The van der Waals surface area contributed by atoms with Crippen LogP contribution >= 0.6 is 0 Å². The van der Waals surface area contributed by atoms with Crippen LogP contribution in [0.4, 0.5) is 0 Å². The average Bonchev–Trinajstić information content (AvgIpc) is 2.60. The van der Waals surface area contributed by atoms with Crippen molar-refractivity contribution in [3.8, 4) is 5.75 Å². The van der Waals surface area contributed by atoms with Crippen LogP contribution in [0.3, 0.4) is 0 Å². The number of nitro groups is 1. The van der Waals surface area contributed by atoms with Crippen LogP contribution in [0.15, 0.2) is 24.3 Å². The standard InChI is InChI=1S/C16H19NO8/c1-4-25-16(20)14(17(21)22)12(9-13(18)15(19)24-3)10-6-5-7-11(8-10)23-2/h5-8,12,14H,4,9H2,1-3H3/t12-,14?/m1/s1. The van der Waals surface area contributed by atoms with E-state index in [9.17, 15) is 24.5 Å². The third-order valence-electron chi connectivity index (χ3n) is 3.48. The summed E-state index contributed by atoms with van der Waals surface area (Å²) < 4.78 is 14.2. The van der Waals surface area contributed by atoms with Crippen molar-refractivity contribution in [3.05, 3.63) is 39.9 Å². The normalized spacial score (nSPS) is 12.6. The molecule has 0 spiro atoms. The highest BCUT2D eigenvalue weighted by Crippen LogP contribution is 2.29. The number of carbonyl (C=O) groups is 3. The SMILES string of the molecule is CCOC(=O)C([C@H](CC(=O)C(=O)OC)c1cccc(OC)c1)[N+](=O)[O-]. The summed E-state index contributed by atoms with van der Waals surface area (Å²) in [5.41, 5.74) is 0.298. The van der Waals surface area contributed by atoms with E-state index in [0.717, 1.165) is 7.11 Å². The third kappa shape index (κ3) is 5.27. The zero-order chi connectivity index (χ0) is 19.0. The molecule has 0 saturated heterocycles. The fourth-order valence-corrected chi connectivity index (χ4v) is 2.31. The van der Waals surface area contributed by atoms with Gasteiger partial charge in [0, 0.05) is 11.3 Å². The highest BCUT2D eigenvalue weighted by molar-refractivity contribution is 6.33. The van der Waals surface area contributed by atoms with Gasteiger partial charge in [-0.05, 0) is 24.6 Å². The molecule has 136 valence electrons. The molecule has 0 N–H and O–H groups in total. The first kappa shape index (κ1) is 20.1. The van der Waals surface area contributed by atoms with Crippen LogP contribution < -0.4 is 4.74 Å². The lowest BCUT2D eigenvalue weighted by Gasteiger charge is -2.19. The Labute approximate surface area is 144 Å². The van der Waals surface area contributed by atoms with Gasteiger partial charge in [-0.15, -0.1) is 0 Å². The zero-order valence-electron chi connectivity index (χ0n) is 14.1. The Morgan fingerprint density at radius 1 is 1.24 bits per heavy atom. The van der Waals surface area contributed by atoms with Crippen molar-refractivity contribution in [1.82, 2.24) is 0 Å². The number of carbonyl (C=O) groups excluding carboxylic acids is 3. The number of hydrogen-bond acceptors (Lipinski definition) is 8. The second-order valence-corrected chi connectivity index (χ2v) is 4.98. The molecule has 0 bridgehead atoms. The predicted octanol–water partition coefficient (Wildman–Crippen LogP) is 1.12. The average molecular weight is 353 g/mol. The first-order valence-corrected chi connectivity index (χ1v) is 7.40. The molecule has 0 saturated carbocycles. The van der Waals surface area contributed by atoms with Crippen molar-refractivity contribution >= 4 is 17.7 Å². The topological polar surface area (TPSA) is 122 Å². The van der Waals surface area contributed by atoms with Crippen LogP contribution in [-0.4, -0.2) is 49.5 Å². The second-order valence-electron chi connectivity index (χ2n) is 4.98. The van der Waals surface area contributed by atoms with Crippen molar-refractivity contribution < 1.29 is 33.5 Å². The molecule has 25 heavy (non-hydrogen) atoms. The molecule has 1 aromatic rings. The Hall–Kier alpha value is -2.97. The highest BCUT2D eigenvalue weighted by atomic mass is 16.6. The molecule has 0 heterocycles. The summed E-state index contributed by atoms with van der Waals surface area (Å²) in [5.74, 6) is -4.03. The summed E-state index contributed by atoms with van der Waals surface area (Å²) in [5, 5.41) is 11.5. The molecule has 0 fully saturated rings. The third-order valence-corrected chi connectivity index (χ3v) is 3.48. The number of rotatable bonds is 9. The van der Waals surface area contributed by atoms with E-state index in [-0.39, 0.29) is 6.61 Å². The fourth-order valence-electron chi connectivity index (χ4n) is 2.31. The number of ketones is 1. The van der Waals surface area contributed by atoms with E-state index >= 15 is 0 Å². The number of esters is 2. The van der Waals surface area contributed by atoms with Gasteiger partial charge < -0.3 is 14.2 Å². The Kier molecular flexibility index (Phi) is 7.51. The van der Waals surface area contributed by atoms with Gasteiger partial charge in [-0.25, -0.2) is 9.59 Å². The van der Waals surface area contributed by atoms with Gasteiger partial charge in [0.15, 0.2) is 0 Å². The quantitative estimate of drug-likeness (QED) is 0.280. The van der Waals surface area contributed by atoms with Crippen molar-refractivity contribution in [1.29, 1.82) is 0 Å². The minimum absolute atomic E-state index is 0.0566. The maximum absolute atomic E-state index is 12.1. The van der Waals surface area contributed by atoms with E-state index in [0.29, 0.717) is 11.3 Å². The van der Waals surface area contributed by atoms with Gasteiger partial charge in [-0.1, -0.05) is 12.1 Å². The molecule has 1 unspecified atom stereocenters. The molecular formula is C16H19NO8. The van der Waals surface area contributed by atoms with E-state index in [4.69, 9.17) is 9.47 Å². The van der Waals surface area contributed by atoms with Gasteiger partial charge in [0.05, 0.1) is 26.7 Å². The molecule has 9 nitrogen and oxygen atoms in total. The number of Topliss-reactive ketones (excluding diaryl/α,β-unsaturated/α-hetero) is 1. The first-order valence-electron chi connectivity index (χ1n) is 7.40. The number of benzene rings is 1. The Morgan fingerprint density at radius 3 is 2.44 bits per heavy atom. The van der Waals surface area contributed by atoms with Crippen LogP contribution in [0.2, 0.25) is 0 Å².